The minimum Gasteiger partial charge on any atom is -0.452 e. The van der Waals surface area contributed by atoms with E-state index in [0.29, 0.717) is 42.1 Å². The summed E-state index contributed by atoms with van der Waals surface area (Å²) in [6.45, 7) is 2.50. The number of anilines is 1. The zero-order valence-corrected chi connectivity index (χ0v) is 16.8. The van der Waals surface area contributed by atoms with Crippen molar-refractivity contribution in [1.82, 2.24) is 4.90 Å². The summed E-state index contributed by atoms with van der Waals surface area (Å²) >= 11 is 1.40. The highest BCUT2D eigenvalue weighted by molar-refractivity contribution is 7.12. The van der Waals surface area contributed by atoms with E-state index in [2.05, 4.69) is 5.32 Å². The summed E-state index contributed by atoms with van der Waals surface area (Å²) < 4.78 is 5.33. The number of carbonyl (C=O) groups is 3. The van der Waals surface area contributed by atoms with E-state index in [-0.39, 0.29) is 11.8 Å². The van der Waals surface area contributed by atoms with Crippen molar-refractivity contribution in [3.8, 4) is 6.07 Å². The van der Waals surface area contributed by atoms with Crippen LogP contribution in [0.4, 0.5) is 5.69 Å². The molecule has 1 aromatic heterocycles. The molecule has 0 bridgehead atoms. The molecule has 1 N–H and O–H groups in total. The Morgan fingerprint density at radius 1 is 1.21 bits per heavy atom. The van der Waals surface area contributed by atoms with E-state index in [0.717, 1.165) is 0 Å². The number of esters is 1. The van der Waals surface area contributed by atoms with Gasteiger partial charge in [-0.1, -0.05) is 6.07 Å². The van der Waals surface area contributed by atoms with E-state index in [1.54, 1.807) is 35.2 Å². The van der Waals surface area contributed by atoms with Crippen LogP contribution in [0.15, 0.2) is 41.8 Å². The summed E-state index contributed by atoms with van der Waals surface area (Å²) in [5.41, 5.74) is 1.02. The van der Waals surface area contributed by atoms with Crippen LogP contribution in [0.2, 0.25) is 0 Å². The highest BCUT2D eigenvalue weighted by atomic mass is 32.1. The molecule has 150 valence electrons. The smallest absolute Gasteiger partial charge is 0.309 e. The number of ether oxygens (including phenoxy) is 1. The Kier molecular flexibility index (Phi) is 6.62. The van der Waals surface area contributed by atoms with Gasteiger partial charge in [-0.2, -0.15) is 5.26 Å². The molecule has 0 aliphatic carbocycles. The average Bonchev–Trinajstić information content (AvgIpc) is 3.28. The van der Waals surface area contributed by atoms with Gasteiger partial charge in [0.1, 0.15) is 0 Å². The fraction of sp³-hybridized carbons (Fsp3) is 0.333. The Labute approximate surface area is 172 Å². The van der Waals surface area contributed by atoms with Crippen molar-refractivity contribution >= 4 is 34.8 Å². The molecule has 0 saturated carbocycles. The Hall–Kier alpha value is -3.18. The van der Waals surface area contributed by atoms with Crippen LogP contribution >= 0.6 is 11.3 Å². The van der Waals surface area contributed by atoms with Gasteiger partial charge < -0.3 is 15.0 Å². The molecule has 1 aromatic carbocycles. The molecule has 8 heteroatoms. The van der Waals surface area contributed by atoms with Gasteiger partial charge in [0.05, 0.1) is 22.4 Å². The molecule has 1 aliphatic rings. The minimum absolute atomic E-state index is 0.0121. The summed E-state index contributed by atoms with van der Waals surface area (Å²) in [6.07, 6.45) is 0.0868. The topological polar surface area (TPSA) is 99.5 Å². The van der Waals surface area contributed by atoms with E-state index >= 15 is 0 Å². The van der Waals surface area contributed by atoms with Crippen LogP contribution in [0.1, 0.15) is 35.0 Å². The summed E-state index contributed by atoms with van der Waals surface area (Å²) in [7, 11) is 0. The summed E-state index contributed by atoms with van der Waals surface area (Å²) in [4.78, 5) is 39.5. The lowest BCUT2D eigenvalue weighted by Crippen LogP contribution is -2.41. The number of nitrogens with one attached hydrogen (secondary N) is 1. The van der Waals surface area contributed by atoms with Crippen molar-refractivity contribution in [1.29, 1.82) is 5.26 Å². The first-order valence-corrected chi connectivity index (χ1v) is 10.2. The third kappa shape index (κ3) is 5.21. The van der Waals surface area contributed by atoms with Gasteiger partial charge in [-0.3, -0.25) is 14.4 Å². The van der Waals surface area contributed by atoms with Crippen LogP contribution in [0.3, 0.4) is 0 Å². The number of carbonyl (C=O) groups excluding carboxylic acids is 3. The third-order valence-electron chi connectivity index (χ3n) is 4.79. The molecule has 0 spiro atoms. The first kappa shape index (κ1) is 20.6. The highest BCUT2D eigenvalue weighted by Crippen LogP contribution is 2.22. The van der Waals surface area contributed by atoms with Gasteiger partial charge >= 0.3 is 5.97 Å². The summed E-state index contributed by atoms with van der Waals surface area (Å²) in [5, 5.41) is 13.3. The van der Waals surface area contributed by atoms with Gasteiger partial charge in [0.25, 0.3) is 11.8 Å². The van der Waals surface area contributed by atoms with E-state index in [9.17, 15) is 14.4 Å². The second-order valence-corrected chi connectivity index (χ2v) is 7.75. The van der Waals surface area contributed by atoms with Crippen molar-refractivity contribution < 1.29 is 19.1 Å². The SMILES string of the molecule is C[C@H](OC(=O)C1CCN(C(=O)c2cccs2)CC1)C(=O)Nc1ccc(C#N)cc1. The van der Waals surface area contributed by atoms with Crippen LogP contribution in [-0.4, -0.2) is 41.9 Å². The lowest BCUT2D eigenvalue weighted by molar-refractivity contribution is -0.158. The van der Waals surface area contributed by atoms with Gasteiger partial charge in [-0.25, -0.2) is 0 Å². The number of amides is 2. The Bertz CT molecular complexity index is 910. The zero-order chi connectivity index (χ0) is 20.8. The number of thiophene rings is 1. The second-order valence-electron chi connectivity index (χ2n) is 6.80. The van der Waals surface area contributed by atoms with Gasteiger partial charge in [0, 0.05) is 18.8 Å². The molecule has 2 aromatic rings. The number of hydrogen-bond donors (Lipinski definition) is 1. The molecule has 0 radical (unpaired) electrons. The van der Waals surface area contributed by atoms with E-state index in [1.165, 1.54) is 18.3 Å². The Morgan fingerprint density at radius 2 is 1.90 bits per heavy atom. The van der Waals surface area contributed by atoms with E-state index < -0.39 is 18.0 Å². The van der Waals surface area contributed by atoms with Crippen molar-refractivity contribution in [3.63, 3.8) is 0 Å². The normalized spacial score (nSPS) is 15.2. The maximum atomic E-state index is 12.4. The van der Waals surface area contributed by atoms with Gasteiger partial charge in [0.2, 0.25) is 0 Å². The number of rotatable bonds is 5. The monoisotopic (exact) mass is 411 g/mol. The first-order chi connectivity index (χ1) is 14.0. The lowest BCUT2D eigenvalue weighted by Gasteiger charge is -2.31. The predicted octanol–water partition coefficient (Wildman–Crippen LogP) is 3.04. The number of benzene rings is 1. The molecule has 0 unspecified atom stereocenters. The summed E-state index contributed by atoms with van der Waals surface area (Å²) in [6, 6.07) is 12.1. The fourth-order valence-corrected chi connectivity index (χ4v) is 3.76. The molecule has 3 rings (SSSR count). The molecular formula is C21H21N3O4S. The Morgan fingerprint density at radius 3 is 2.48 bits per heavy atom. The maximum absolute atomic E-state index is 12.4. The number of nitriles is 1. The number of likely N-dealkylation sites (tertiary alicyclic amines) is 1. The summed E-state index contributed by atoms with van der Waals surface area (Å²) in [5.74, 6) is -1.20. The third-order valence-corrected chi connectivity index (χ3v) is 5.65. The number of nitrogens with zero attached hydrogens (tertiary/aromatic N) is 2. The lowest BCUT2D eigenvalue weighted by atomic mass is 9.97. The Balaban J connectivity index is 1.46. The van der Waals surface area contributed by atoms with Gasteiger partial charge in [-0.15, -0.1) is 11.3 Å². The molecule has 29 heavy (non-hydrogen) atoms. The first-order valence-electron chi connectivity index (χ1n) is 9.32. The standard InChI is InChI=1S/C21H21N3O4S/c1-14(19(25)23-17-6-4-15(13-22)5-7-17)28-21(27)16-8-10-24(11-9-16)20(26)18-3-2-12-29-18/h2-7,12,14,16H,8-11H2,1H3,(H,23,25)/t14-/m0/s1. The molecule has 1 saturated heterocycles. The minimum atomic E-state index is -0.941. The maximum Gasteiger partial charge on any atom is 0.309 e. The molecule has 2 heterocycles. The van der Waals surface area contributed by atoms with E-state index in [1.807, 2.05) is 17.5 Å². The molecule has 7 nitrogen and oxygen atoms in total. The van der Waals surface area contributed by atoms with Crippen LogP contribution < -0.4 is 5.32 Å². The molecule has 1 aliphatic heterocycles. The van der Waals surface area contributed by atoms with Crippen molar-refractivity contribution in [2.75, 3.05) is 18.4 Å². The second kappa shape index (κ2) is 9.34. The zero-order valence-electron chi connectivity index (χ0n) is 16.0. The highest BCUT2D eigenvalue weighted by Gasteiger charge is 2.31. The van der Waals surface area contributed by atoms with Crippen molar-refractivity contribution in [3.05, 3.63) is 52.2 Å². The van der Waals surface area contributed by atoms with Crippen LogP contribution in [0.25, 0.3) is 0 Å². The van der Waals surface area contributed by atoms with Gasteiger partial charge in [0.15, 0.2) is 6.10 Å². The van der Waals surface area contributed by atoms with Crippen LogP contribution in [-0.2, 0) is 14.3 Å². The van der Waals surface area contributed by atoms with Crippen molar-refractivity contribution in [2.45, 2.75) is 25.9 Å². The largest absolute Gasteiger partial charge is 0.452 e. The van der Waals surface area contributed by atoms with Crippen molar-refractivity contribution in [2.24, 2.45) is 5.92 Å². The van der Waals surface area contributed by atoms with Crippen LogP contribution in [0, 0.1) is 17.2 Å². The molecule has 1 fully saturated rings. The number of piperidine rings is 1. The van der Waals surface area contributed by atoms with Gasteiger partial charge in [-0.05, 0) is 55.5 Å². The fourth-order valence-electron chi connectivity index (χ4n) is 3.07. The molecular weight excluding hydrogens is 390 g/mol. The average molecular weight is 411 g/mol. The quantitative estimate of drug-likeness (QED) is 0.763. The number of hydrogen-bond acceptors (Lipinski definition) is 6. The van der Waals surface area contributed by atoms with E-state index in [4.69, 9.17) is 10.00 Å². The van der Waals surface area contributed by atoms with Crippen LogP contribution in [0.5, 0.6) is 0 Å². The molecule has 1 atom stereocenters. The molecule has 2 amide bonds. The predicted molar refractivity (Wildman–Crippen MR) is 108 cm³/mol.